The molecule has 3 rings (SSSR count). The van der Waals surface area contributed by atoms with Crippen LogP contribution in [0.15, 0.2) is 11.2 Å². The lowest BCUT2D eigenvalue weighted by Gasteiger charge is -2.20. The second kappa shape index (κ2) is 3.75. The van der Waals surface area contributed by atoms with Gasteiger partial charge in [0.1, 0.15) is 18.4 Å². The summed E-state index contributed by atoms with van der Waals surface area (Å²) in [6.45, 7) is 0.877. The summed E-state index contributed by atoms with van der Waals surface area (Å²) in [5.41, 5.74) is 9.97. The van der Waals surface area contributed by atoms with E-state index in [1.807, 2.05) is 6.07 Å². The highest BCUT2D eigenvalue weighted by molar-refractivity contribution is 5.60. The Morgan fingerprint density at radius 2 is 2.35 bits per heavy atom. The van der Waals surface area contributed by atoms with E-state index in [0.29, 0.717) is 23.7 Å². The van der Waals surface area contributed by atoms with Crippen molar-refractivity contribution in [3.63, 3.8) is 0 Å². The minimum atomic E-state index is -0.467. The molecule has 2 aliphatic rings. The highest BCUT2D eigenvalue weighted by atomic mass is 16.5. The molecule has 88 valence electrons. The molecule has 0 saturated carbocycles. The van der Waals surface area contributed by atoms with Crippen molar-refractivity contribution in [1.29, 1.82) is 0 Å². The second-order valence-electron chi connectivity index (χ2n) is 4.11. The van der Waals surface area contributed by atoms with Crippen molar-refractivity contribution in [2.45, 2.75) is 18.9 Å². The number of hydrogen-bond acceptors (Lipinski definition) is 4. The topological polar surface area (TPSA) is 87.5 Å². The molecular formula is C11H11N3O3. The molecule has 17 heavy (non-hydrogen) atoms. The van der Waals surface area contributed by atoms with E-state index in [1.54, 1.807) is 0 Å². The standard InChI is InChI=1S/C11H11N3O3/c12-14-13-7-5-17-8-4-6-2-1-3-16-11(6)10(15)9(7)8/h4,7,15H,1-3,5H2. The number of hydrogen-bond donors (Lipinski definition) is 1. The lowest BCUT2D eigenvalue weighted by atomic mass is 9.99. The van der Waals surface area contributed by atoms with Gasteiger partial charge in [-0.2, -0.15) is 0 Å². The van der Waals surface area contributed by atoms with Gasteiger partial charge in [-0.1, -0.05) is 5.11 Å². The van der Waals surface area contributed by atoms with Gasteiger partial charge in [0.15, 0.2) is 11.5 Å². The van der Waals surface area contributed by atoms with Gasteiger partial charge in [-0.05, 0) is 24.4 Å². The summed E-state index contributed by atoms with van der Waals surface area (Å²) in [5.74, 6) is 1.18. The number of nitrogens with zero attached hydrogens (tertiary/aromatic N) is 3. The van der Waals surface area contributed by atoms with Gasteiger partial charge in [0, 0.05) is 10.5 Å². The Morgan fingerprint density at radius 1 is 1.47 bits per heavy atom. The molecule has 0 amide bonds. The van der Waals surface area contributed by atoms with Gasteiger partial charge in [-0.15, -0.1) is 0 Å². The van der Waals surface area contributed by atoms with Gasteiger partial charge < -0.3 is 14.6 Å². The summed E-state index contributed by atoms with van der Waals surface area (Å²) in [6.07, 6.45) is 1.80. The maximum absolute atomic E-state index is 10.2. The van der Waals surface area contributed by atoms with E-state index < -0.39 is 6.04 Å². The molecule has 0 fully saturated rings. The molecule has 0 spiro atoms. The fourth-order valence-electron chi connectivity index (χ4n) is 2.32. The lowest BCUT2D eigenvalue weighted by molar-refractivity contribution is 0.271. The van der Waals surface area contributed by atoms with Crippen molar-refractivity contribution >= 4 is 0 Å². The van der Waals surface area contributed by atoms with E-state index in [1.165, 1.54) is 0 Å². The highest BCUT2D eigenvalue weighted by Gasteiger charge is 2.31. The van der Waals surface area contributed by atoms with E-state index in [2.05, 4.69) is 10.0 Å². The van der Waals surface area contributed by atoms with Crippen LogP contribution in [0.5, 0.6) is 17.2 Å². The number of aromatic hydroxyl groups is 1. The SMILES string of the molecule is [N-]=[N+]=NC1COc2cc3c(c(O)c21)OCCC3. The zero-order valence-electron chi connectivity index (χ0n) is 9.09. The van der Waals surface area contributed by atoms with E-state index in [4.69, 9.17) is 15.0 Å². The van der Waals surface area contributed by atoms with E-state index in [-0.39, 0.29) is 12.4 Å². The fourth-order valence-corrected chi connectivity index (χ4v) is 2.32. The number of azide groups is 1. The Bertz CT molecular complexity index is 523. The molecule has 2 aliphatic heterocycles. The zero-order chi connectivity index (χ0) is 11.8. The Labute approximate surface area is 97.4 Å². The largest absolute Gasteiger partial charge is 0.504 e. The van der Waals surface area contributed by atoms with Crippen LogP contribution in [0.25, 0.3) is 10.4 Å². The third-order valence-electron chi connectivity index (χ3n) is 3.09. The first-order valence-electron chi connectivity index (χ1n) is 5.50. The highest BCUT2D eigenvalue weighted by Crippen LogP contribution is 2.48. The quantitative estimate of drug-likeness (QED) is 0.459. The molecule has 0 radical (unpaired) electrons. The molecule has 1 N–H and O–H groups in total. The normalized spacial score (nSPS) is 20.6. The summed E-state index contributed by atoms with van der Waals surface area (Å²) in [7, 11) is 0. The monoisotopic (exact) mass is 233 g/mol. The van der Waals surface area contributed by atoms with Gasteiger partial charge >= 0.3 is 0 Å². The number of benzene rings is 1. The van der Waals surface area contributed by atoms with E-state index in [0.717, 1.165) is 18.4 Å². The van der Waals surface area contributed by atoms with Crippen LogP contribution in [0, 0.1) is 0 Å². The third-order valence-corrected chi connectivity index (χ3v) is 3.09. The van der Waals surface area contributed by atoms with Crippen molar-refractivity contribution in [2.75, 3.05) is 13.2 Å². The van der Waals surface area contributed by atoms with Gasteiger partial charge in [0.2, 0.25) is 0 Å². The van der Waals surface area contributed by atoms with Gasteiger partial charge in [-0.3, -0.25) is 0 Å². The first kappa shape index (κ1) is 10.1. The fraction of sp³-hybridized carbons (Fsp3) is 0.455. The molecule has 0 aromatic heterocycles. The maximum Gasteiger partial charge on any atom is 0.165 e. The number of fused-ring (bicyclic) bond motifs is 2. The Kier molecular flexibility index (Phi) is 2.23. The van der Waals surface area contributed by atoms with Crippen molar-refractivity contribution < 1.29 is 14.6 Å². The van der Waals surface area contributed by atoms with Gasteiger partial charge in [-0.25, -0.2) is 0 Å². The average Bonchev–Trinajstić information content (AvgIpc) is 2.74. The predicted octanol–water partition coefficient (Wildman–Crippen LogP) is 2.46. The Morgan fingerprint density at radius 3 is 3.18 bits per heavy atom. The van der Waals surface area contributed by atoms with Crippen molar-refractivity contribution in [3.8, 4) is 17.2 Å². The van der Waals surface area contributed by atoms with Gasteiger partial charge in [0.25, 0.3) is 0 Å². The van der Waals surface area contributed by atoms with Crippen LogP contribution in [0.3, 0.4) is 0 Å². The van der Waals surface area contributed by atoms with Gasteiger partial charge in [0.05, 0.1) is 12.2 Å². The first-order valence-corrected chi connectivity index (χ1v) is 5.50. The van der Waals surface area contributed by atoms with Crippen LogP contribution in [0.1, 0.15) is 23.6 Å². The average molecular weight is 233 g/mol. The third kappa shape index (κ3) is 1.45. The van der Waals surface area contributed by atoms with Crippen LogP contribution >= 0.6 is 0 Å². The molecular weight excluding hydrogens is 222 g/mol. The van der Waals surface area contributed by atoms with Crippen molar-refractivity contribution in [2.24, 2.45) is 5.11 Å². The van der Waals surface area contributed by atoms with E-state index >= 15 is 0 Å². The first-order chi connectivity index (χ1) is 8.31. The number of phenols is 1. The van der Waals surface area contributed by atoms with Crippen LogP contribution in [-0.4, -0.2) is 18.3 Å². The molecule has 2 heterocycles. The number of rotatable bonds is 1. The second-order valence-corrected chi connectivity index (χ2v) is 4.11. The molecule has 1 aromatic carbocycles. The smallest absolute Gasteiger partial charge is 0.165 e. The van der Waals surface area contributed by atoms with Crippen LogP contribution in [0.2, 0.25) is 0 Å². The summed E-state index contributed by atoms with van der Waals surface area (Å²) in [6, 6.07) is 1.40. The molecule has 0 bridgehead atoms. The summed E-state index contributed by atoms with van der Waals surface area (Å²) in [5, 5.41) is 13.8. The summed E-state index contributed by atoms with van der Waals surface area (Å²) >= 11 is 0. The minimum absolute atomic E-state index is 0.0621. The zero-order valence-corrected chi connectivity index (χ0v) is 9.09. The molecule has 1 unspecified atom stereocenters. The van der Waals surface area contributed by atoms with Crippen LogP contribution in [0.4, 0.5) is 0 Å². The Hall–Kier alpha value is -2.07. The van der Waals surface area contributed by atoms with Crippen LogP contribution < -0.4 is 9.47 Å². The predicted molar refractivity (Wildman–Crippen MR) is 59.3 cm³/mol. The molecule has 1 atom stereocenters. The minimum Gasteiger partial charge on any atom is -0.504 e. The summed E-state index contributed by atoms with van der Waals surface area (Å²) < 4.78 is 10.9. The molecule has 6 nitrogen and oxygen atoms in total. The number of ether oxygens (including phenoxy) is 2. The number of phenolic OH excluding ortho intramolecular Hbond substituents is 1. The number of aryl methyl sites for hydroxylation is 1. The maximum atomic E-state index is 10.2. The molecule has 0 aliphatic carbocycles. The van der Waals surface area contributed by atoms with Crippen molar-refractivity contribution in [3.05, 3.63) is 27.6 Å². The van der Waals surface area contributed by atoms with Crippen molar-refractivity contribution in [1.82, 2.24) is 0 Å². The Balaban J connectivity index is 2.16. The molecule has 1 aromatic rings. The summed E-state index contributed by atoms with van der Waals surface area (Å²) in [4.78, 5) is 2.76. The van der Waals surface area contributed by atoms with Crippen LogP contribution in [-0.2, 0) is 6.42 Å². The molecule has 0 saturated heterocycles. The lowest BCUT2D eigenvalue weighted by Crippen LogP contribution is -2.09. The van der Waals surface area contributed by atoms with E-state index in [9.17, 15) is 5.11 Å². The molecule has 6 heteroatoms.